The molecule has 1 aromatic rings. The number of thiazole rings is 1. The Kier molecular flexibility index (Phi) is 4.71. The Labute approximate surface area is 96.8 Å². The van der Waals surface area contributed by atoms with E-state index in [4.69, 9.17) is 5.73 Å². The molecule has 16 heavy (non-hydrogen) atoms. The molecular formula is C9H13N3O3S. The third kappa shape index (κ3) is 3.85. The van der Waals surface area contributed by atoms with Crippen LogP contribution in [0.5, 0.6) is 0 Å². The molecule has 0 bridgehead atoms. The third-order valence-corrected chi connectivity index (χ3v) is 2.50. The van der Waals surface area contributed by atoms with E-state index in [2.05, 4.69) is 15.0 Å². The van der Waals surface area contributed by atoms with Crippen LogP contribution in [0.25, 0.3) is 0 Å². The maximum atomic E-state index is 11.4. The van der Waals surface area contributed by atoms with Crippen LogP contribution in [0.2, 0.25) is 0 Å². The second-order valence-corrected chi connectivity index (χ2v) is 3.90. The predicted molar refractivity (Wildman–Crippen MR) is 60.1 cm³/mol. The fourth-order valence-corrected chi connectivity index (χ4v) is 1.56. The van der Waals surface area contributed by atoms with Crippen molar-refractivity contribution in [3.05, 3.63) is 11.1 Å². The number of hydrogen-bond donors (Lipinski definition) is 2. The minimum absolute atomic E-state index is 0.280. The highest BCUT2D eigenvalue weighted by atomic mass is 32.1. The van der Waals surface area contributed by atoms with E-state index in [1.54, 1.807) is 5.38 Å². The highest BCUT2D eigenvalue weighted by Crippen LogP contribution is 2.10. The molecule has 1 heterocycles. The summed E-state index contributed by atoms with van der Waals surface area (Å²) in [7, 11) is 1.33. The van der Waals surface area contributed by atoms with Gasteiger partial charge >= 0.3 is 5.97 Å². The first kappa shape index (κ1) is 12.4. The summed E-state index contributed by atoms with van der Waals surface area (Å²) >= 11 is 1.21. The number of rotatable bonds is 5. The number of nitrogens with one attached hydrogen (secondary N) is 1. The lowest BCUT2D eigenvalue weighted by Crippen LogP contribution is -2.25. The molecule has 0 fully saturated rings. The number of amides is 1. The Morgan fingerprint density at radius 1 is 1.62 bits per heavy atom. The highest BCUT2D eigenvalue weighted by Gasteiger charge is 2.08. The van der Waals surface area contributed by atoms with Crippen molar-refractivity contribution in [2.24, 2.45) is 0 Å². The van der Waals surface area contributed by atoms with Crippen LogP contribution in [0, 0.1) is 0 Å². The molecule has 3 N–H and O–H groups in total. The van der Waals surface area contributed by atoms with Gasteiger partial charge in [0.25, 0.3) is 5.91 Å². The first-order valence-corrected chi connectivity index (χ1v) is 5.57. The maximum Gasteiger partial charge on any atom is 0.305 e. The molecule has 1 aromatic heterocycles. The zero-order chi connectivity index (χ0) is 12.0. The van der Waals surface area contributed by atoms with Gasteiger partial charge in [0.1, 0.15) is 5.69 Å². The molecule has 0 saturated carbocycles. The average Bonchev–Trinajstić information content (AvgIpc) is 2.70. The topological polar surface area (TPSA) is 94.3 Å². The van der Waals surface area contributed by atoms with Gasteiger partial charge in [-0.2, -0.15) is 0 Å². The molecule has 1 amide bonds. The second-order valence-electron chi connectivity index (χ2n) is 3.01. The average molecular weight is 243 g/mol. The number of methoxy groups -OCH3 is 1. The van der Waals surface area contributed by atoms with Crippen molar-refractivity contribution < 1.29 is 14.3 Å². The van der Waals surface area contributed by atoms with E-state index >= 15 is 0 Å². The smallest absolute Gasteiger partial charge is 0.305 e. The summed E-state index contributed by atoms with van der Waals surface area (Å²) in [5.41, 5.74) is 5.70. The molecule has 0 aliphatic carbocycles. The third-order valence-electron chi connectivity index (χ3n) is 1.83. The fraction of sp³-hybridized carbons (Fsp3) is 0.444. The summed E-state index contributed by atoms with van der Waals surface area (Å²) < 4.78 is 4.47. The molecule has 0 aliphatic heterocycles. The normalized spacial score (nSPS) is 9.81. The number of ether oxygens (including phenoxy) is 1. The molecule has 88 valence electrons. The number of nitrogen functional groups attached to an aromatic ring is 1. The molecule has 0 unspecified atom stereocenters. The minimum Gasteiger partial charge on any atom is -0.469 e. The van der Waals surface area contributed by atoms with Crippen LogP contribution in [-0.2, 0) is 9.53 Å². The van der Waals surface area contributed by atoms with Crippen LogP contribution in [0.4, 0.5) is 5.13 Å². The first-order valence-electron chi connectivity index (χ1n) is 4.69. The summed E-state index contributed by atoms with van der Waals surface area (Å²) in [6, 6.07) is 0. The Balaban J connectivity index is 2.23. The van der Waals surface area contributed by atoms with Crippen molar-refractivity contribution in [3.63, 3.8) is 0 Å². The van der Waals surface area contributed by atoms with Crippen molar-refractivity contribution in [3.8, 4) is 0 Å². The molecule has 0 aromatic carbocycles. The molecule has 0 radical (unpaired) electrons. The molecule has 0 aliphatic rings. The van der Waals surface area contributed by atoms with Gasteiger partial charge in [-0.05, 0) is 6.42 Å². The lowest BCUT2D eigenvalue weighted by Gasteiger charge is -2.02. The van der Waals surface area contributed by atoms with Gasteiger partial charge in [0.2, 0.25) is 0 Å². The van der Waals surface area contributed by atoms with Crippen LogP contribution in [0.3, 0.4) is 0 Å². The number of aromatic nitrogens is 1. The highest BCUT2D eigenvalue weighted by molar-refractivity contribution is 7.13. The van der Waals surface area contributed by atoms with Crippen LogP contribution >= 0.6 is 11.3 Å². The van der Waals surface area contributed by atoms with Crippen molar-refractivity contribution in [1.29, 1.82) is 0 Å². The SMILES string of the molecule is COC(=O)CCCNC(=O)c1csc(N)n1. The molecule has 6 nitrogen and oxygen atoms in total. The summed E-state index contributed by atoms with van der Waals surface area (Å²) in [5, 5.41) is 4.58. The van der Waals surface area contributed by atoms with Crippen molar-refractivity contribution >= 4 is 28.3 Å². The van der Waals surface area contributed by atoms with Crippen molar-refractivity contribution in [1.82, 2.24) is 10.3 Å². The molecule has 0 atom stereocenters. The molecule has 1 rings (SSSR count). The van der Waals surface area contributed by atoms with Gasteiger partial charge in [0.15, 0.2) is 5.13 Å². The quantitative estimate of drug-likeness (QED) is 0.577. The van der Waals surface area contributed by atoms with Gasteiger partial charge in [0.05, 0.1) is 7.11 Å². The van der Waals surface area contributed by atoms with Crippen LogP contribution < -0.4 is 11.1 Å². The van der Waals surface area contributed by atoms with E-state index in [0.717, 1.165) is 0 Å². The second kappa shape index (κ2) is 6.06. The molecule has 0 saturated heterocycles. The van der Waals surface area contributed by atoms with Crippen LogP contribution in [0.1, 0.15) is 23.3 Å². The van der Waals surface area contributed by atoms with Gasteiger partial charge in [-0.1, -0.05) is 0 Å². The van der Waals surface area contributed by atoms with Crippen LogP contribution in [0.15, 0.2) is 5.38 Å². The number of anilines is 1. The summed E-state index contributed by atoms with van der Waals surface area (Å²) in [6.07, 6.45) is 0.827. The summed E-state index contributed by atoms with van der Waals surface area (Å²) in [6.45, 7) is 0.408. The molecular weight excluding hydrogens is 230 g/mol. The lowest BCUT2D eigenvalue weighted by atomic mass is 10.3. The largest absolute Gasteiger partial charge is 0.469 e. The fourth-order valence-electron chi connectivity index (χ4n) is 1.02. The van der Waals surface area contributed by atoms with E-state index in [9.17, 15) is 9.59 Å². The Morgan fingerprint density at radius 3 is 2.94 bits per heavy atom. The maximum absolute atomic E-state index is 11.4. The van der Waals surface area contributed by atoms with Gasteiger partial charge in [-0.3, -0.25) is 9.59 Å². The van der Waals surface area contributed by atoms with E-state index in [-0.39, 0.29) is 18.3 Å². The number of nitrogens with zero attached hydrogens (tertiary/aromatic N) is 1. The van der Waals surface area contributed by atoms with Crippen molar-refractivity contribution in [2.75, 3.05) is 19.4 Å². The zero-order valence-electron chi connectivity index (χ0n) is 8.86. The van der Waals surface area contributed by atoms with E-state index < -0.39 is 0 Å². The van der Waals surface area contributed by atoms with Crippen LogP contribution in [-0.4, -0.2) is 30.5 Å². The van der Waals surface area contributed by atoms with Gasteiger partial charge in [-0.25, -0.2) is 4.98 Å². The van der Waals surface area contributed by atoms with Gasteiger partial charge in [0, 0.05) is 18.3 Å². The van der Waals surface area contributed by atoms with Gasteiger partial charge < -0.3 is 15.8 Å². The molecule has 7 heteroatoms. The number of carbonyl (C=O) groups excluding carboxylic acids is 2. The number of hydrogen-bond acceptors (Lipinski definition) is 6. The zero-order valence-corrected chi connectivity index (χ0v) is 9.67. The number of esters is 1. The Morgan fingerprint density at radius 2 is 2.38 bits per heavy atom. The standard InChI is InChI=1S/C9H13N3O3S/c1-15-7(13)3-2-4-11-8(14)6-5-16-9(10)12-6/h5H,2-4H2,1H3,(H2,10,12)(H,11,14). The number of nitrogens with two attached hydrogens (primary N) is 1. The lowest BCUT2D eigenvalue weighted by molar-refractivity contribution is -0.140. The monoisotopic (exact) mass is 243 g/mol. The summed E-state index contributed by atoms with van der Waals surface area (Å²) in [4.78, 5) is 26.0. The number of carbonyl (C=O) groups is 2. The predicted octanol–water partition coefficient (Wildman–Crippen LogP) is 0.408. The Hall–Kier alpha value is -1.63. The minimum atomic E-state index is -0.285. The summed E-state index contributed by atoms with van der Waals surface area (Å²) in [5.74, 6) is -0.565. The molecule has 0 spiro atoms. The van der Waals surface area contributed by atoms with E-state index in [1.165, 1.54) is 18.4 Å². The van der Waals surface area contributed by atoms with E-state index in [1.807, 2.05) is 0 Å². The Bertz CT molecular complexity index is 378. The van der Waals surface area contributed by atoms with Gasteiger partial charge in [-0.15, -0.1) is 11.3 Å². The first-order chi connectivity index (χ1) is 7.63. The van der Waals surface area contributed by atoms with E-state index in [0.29, 0.717) is 23.8 Å². The van der Waals surface area contributed by atoms with Crippen molar-refractivity contribution in [2.45, 2.75) is 12.8 Å².